The third-order valence-electron chi connectivity index (χ3n) is 2.67. The molecule has 0 atom stereocenters. The molecule has 0 aliphatic heterocycles. The summed E-state index contributed by atoms with van der Waals surface area (Å²) in [5.74, 6) is 1.24. The van der Waals surface area contributed by atoms with E-state index in [0.29, 0.717) is 5.95 Å². The summed E-state index contributed by atoms with van der Waals surface area (Å²) >= 11 is 0. The molecule has 1 heterocycles. The van der Waals surface area contributed by atoms with Crippen molar-refractivity contribution in [2.45, 2.75) is 20.8 Å². The van der Waals surface area contributed by atoms with Crippen molar-refractivity contribution in [1.29, 1.82) is 0 Å². The van der Waals surface area contributed by atoms with Gasteiger partial charge in [-0.25, -0.2) is 4.98 Å². The van der Waals surface area contributed by atoms with Gasteiger partial charge in [-0.15, -0.1) is 0 Å². The lowest BCUT2D eigenvalue weighted by molar-refractivity contribution is -0.114. The van der Waals surface area contributed by atoms with Crippen molar-refractivity contribution < 1.29 is 4.79 Å². The van der Waals surface area contributed by atoms with Gasteiger partial charge in [-0.1, -0.05) is 0 Å². The molecule has 3 N–H and O–H groups in total. The monoisotopic (exact) mass is 285 g/mol. The molecule has 0 spiro atoms. The molecule has 110 valence electrons. The van der Waals surface area contributed by atoms with Gasteiger partial charge in [0.1, 0.15) is 5.82 Å². The molecule has 0 fully saturated rings. The average Bonchev–Trinajstić information content (AvgIpc) is 2.40. The molecule has 0 saturated carbocycles. The van der Waals surface area contributed by atoms with Crippen molar-refractivity contribution in [3.63, 3.8) is 0 Å². The lowest BCUT2D eigenvalue weighted by Gasteiger charge is -2.09. The van der Waals surface area contributed by atoms with Crippen LogP contribution >= 0.6 is 0 Å². The van der Waals surface area contributed by atoms with Gasteiger partial charge in [-0.05, 0) is 38.1 Å². The number of hydrogen-bond acceptors (Lipinski definition) is 5. The normalized spacial score (nSPS) is 10.0. The van der Waals surface area contributed by atoms with Crippen LogP contribution in [-0.2, 0) is 4.79 Å². The summed E-state index contributed by atoms with van der Waals surface area (Å²) in [4.78, 5) is 19.7. The summed E-state index contributed by atoms with van der Waals surface area (Å²) in [6.07, 6.45) is 0. The van der Waals surface area contributed by atoms with Crippen molar-refractivity contribution in [3.8, 4) is 0 Å². The van der Waals surface area contributed by atoms with Gasteiger partial charge in [-0.3, -0.25) is 4.79 Å². The first-order chi connectivity index (χ1) is 10.1. The van der Waals surface area contributed by atoms with E-state index < -0.39 is 0 Å². The SMILES string of the molecule is CCNc1cc(C)nc(Nc2ccc(NC(C)=O)cc2)n1. The van der Waals surface area contributed by atoms with Crippen LogP contribution in [0.2, 0.25) is 0 Å². The van der Waals surface area contributed by atoms with Gasteiger partial charge in [0.05, 0.1) is 0 Å². The number of carbonyl (C=O) groups is 1. The number of aromatic nitrogens is 2. The highest BCUT2D eigenvalue weighted by Crippen LogP contribution is 2.18. The van der Waals surface area contributed by atoms with E-state index >= 15 is 0 Å². The molecule has 0 aliphatic carbocycles. The zero-order valence-corrected chi connectivity index (χ0v) is 12.4. The van der Waals surface area contributed by atoms with E-state index in [9.17, 15) is 4.79 Å². The minimum absolute atomic E-state index is 0.0898. The second kappa shape index (κ2) is 6.69. The third-order valence-corrected chi connectivity index (χ3v) is 2.67. The number of hydrogen-bond donors (Lipinski definition) is 3. The standard InChI is InChI=1S/C15H19N5O/c1-4-16-14-9-10(2)17-15(20-14)19-13-7-5-12(6-8-13)18-11(3)21/h5-9H,4H2,1-3H3,(H,18,21)(H2,16,17,19,20). The molecular weight excluding hydrogens is 266 g/mol. The quantitative estimate of drug-likeness (QED) is 0.787. The van der Waals surface area contributed by atoms with Crippen LogP contribution in [0.4, 0.5) is 23.1 Å². The zero-order valence-electron chi connectivity index (χ0n) is 12.4. The molecule has 21 heavy (non-hydrogen) atoms. The van der Waals surface area contributed by atoms with Crippen LogP contribution in [0.5, 0.6) is 0 Å². The number of nitrogens with zero attached hydrogens (tertiary/aromatic N) is 2. The van der Waals surface area contributed by atoms with Crippen LogP contribution in [0, 0.1) is 6.92 Å². The van der Waals surface area contributed by atoms with E-state index in [2.05, 4.69) is 25.9 Å². The highest BCUT2D eigenvalue weighted by Gasteiger charge is 2.03. The average molecular weight is 285 g/mol. The Balaban J connectivity index is 2.12. The molecule has 0 bridgehead atoms. The van der Waals surface area contributed by atoms with Crippen molar-refractivity contribution >= 4 is 29.0 Å². The number of anilines is 4. The topological polar surface area (TPSA) is 78.9 Å². The fourth-order valence-electron chi connectivity index (χ4n) is 1.87. The highest BCUT2D eigenvalue weighted by molar-refractivity contribution is 5.88. The van der Waals surface area contributed by atoms with E-state index in [4.69, 9.17) is 0 Å². The second-order valence-corrected chi connectivity index (χ2v) is 4.63. The molecule has 0 unspecified atom stereocenters. The summed E-state index contributed by atoms with van der Waals surface area (Å²) in [5.41, 5.74) is 2.50. The lowest BCUT2D eigenvalue weighted by atomic mass is 10.3. The van der Waals surface area contributed by atoms with E-state index in [-0.39, 0.29) is 5.91 Å². The van der Waals surface area contributed by atoms with Crippen molar-refractivity contribution in [3.05, 3.63) is 36.0 Å². The molecule has 1 amide bonds. The van der Waals surface area contributed by atoms with Gasteiger partial charge in [0, 0.05) is 36.6 Å². The largest absolute Gasteiger partial charge is 0.370 e. The Kier molecular flexibility index (Phi) is 4.71. The second-order valence-electron chi connectivity index (χ2n) is 4.63. The molecule has 6 nitrogen and oxygen atoms in total. The summed E-state index contributed by atoms with van der Waals surface area (Å²) in [7, 11) is 0. The fraction of sp³-hybridized carbons (Fsp3) is 0.267. The Morgan fingerprint density at radius 2 is 1.81 bits per heavy atom. The molecule has 1 aromatic heterocycles. The lowest BCUT2D eigenvalue weighted by Crippen LogP contribution is -2.06. The Morgan fingerprint density at radius 1 is 1.14 bits per heavy atom. The summed E-state index contributed by atoms with van der Waals surface area (Å²) in [6.45, 7) is 6.23. The molecule has 0 radical (unpaired) electrons. The molecule has 2 aromatic rings. The highest BCUT2D eigenvalue weighted by atomic mass is 16.1. The maximum atomic E-state index is 11.0. The van der Waals surface area contributed by atoms with Crippen LogP contribution in [0.3, 0.4) is 0 Å². The Bertz CT molecular complexity index is 624. The number of nitrogens with one attached hydrogen (secondary N) is 3. The first kappa shape index (κ1) is 14.8. The van der Waals surface area contributed by atoms with Crippen LogP contribution in [0.15, 0.2) is 30.3 Å². The van der Waals surface area contributed by atoms with Crippen LogP contribution < -0.4 is 16.0 Å². The number of rotatable bonds is 5. The van der Waals surface area contributed by atoms with Gasteiger partial charge in [0.2, 0.25) is 11.9 Å². The number of aryl methyl sites for hydroxylation is 1. The van der Waals surface area contributed by atoms with E-state index in [1.807, 2.05) is 44.2 Å². The minimum Gasteiger partial charge on any atom is -0.370 e. The van der Waals surface area contributed by atoms with Crippen LogP contribution in [0.25, 0.3) is 0 Å². The third kappa shape index (κ3) is 4.45. The zero-order chi connectivity index (χ0) is 15.2. The first-order valence-corrected chi connectivity index (χ1v) is 6.81. The molecule has 0 aliphatic rings. The van der Waals surface area contributed by atoms with Gasteiger partial charge < -0.3 is 16.0 Å². The maximum Gasteiger partial charge on any atom is 0.229 e. The summed E-state index contributed by atoms with van der Waals surface area (Å²) < 4.78 is 0. The number of carbonyl (C=O) groups excluding carboxylic acids is 1. The summed E-state index contributed by atoms with van der Waals surface area (Å²) in [6, 6.07) is 9.28. The molecule has 1 aromatic carbocycles. The van der Waals surface area contributed by atoms with E-state index in [0.717, 1.165) is 29.4 Å². The van der Waals surface area contributed by atoms with Gasteiger partial charge in [0.15, 0.2) is 0 Å². The Hall–Kier alpha value is -2.63. The first-order valence-electron chi connectivity index (χ1n) is 6.81. The van der Waals surface area contributed by atoms with E-state index in [1.165, 1.54) is 6.92 Å². The van der Waals surface area contributed by atoms with E-state index in [1.54, 1.807) is 0 Å². The fourth-order valence-corrected chi connectivity index (χ4v) is 1.87. The summed E-state index contributed by atoms with van der Waals surface area (Å²) in [5, 5.41) is 9.04. The van der Waals surface area contributed by atoms with Crippen molar-refractivity contribution in [2.24, 2.45) is 0 Å². The van der Waals surface area contributed by atoms with Gasteiger partial charge in [-0.2, -0.15) is 4.98 Å². The number of benzene rings is 1. The minimum atomic E-state index is -0.0898. The van der Waals surface area contributed by atoms with Crippen LogP contribution in [0.1, 0.15) is 19.5 Å². The number of amides is 1. The maximum absolute atomic E-state index is 11.0. The molecule has 2 rings (SSSR count). The molecular formula is C15H19N5O. The molecule has 6 heteroatoms. The Labute approximate surface area is 124 Å². The predicted octanol–water partition coefficient (Wildman–Crippen LogP) is 2.92. The van der Waals surface area contributed by atoms with Crippen molar-refractivity contribution in [1.82, 2.24) is 9.97 Å². The van der Waals surface area contributed by atoms with Crippen LogP contribution in [-0.4, -0.2) is 22.4 Å². The Morgan fingerprint density at radius 3 is 2.43 bits per heavy atom. The van der Waals surface area contributed by atoms with Gasteiger partial charge >= 0.3 is 0 Å². The van der Waals surface area contributed by atoms with Crippen molar-refractivity contribution in [2.75, 3.05) is 22.5 Å². The predicted molar refractivity (Wildman–Crippen MR) is 85.0 cm³/mol. The van der Waals surface area contributed by atoms with Gasteiger partial charge in [0.25, 0.3) is 0 Å². The smallest absolute Gasteiger partial charge is 0.229 e. The molecule has 0 saturated heterocycles.